The molecule has 166 valence electrons. The lowest BCUT2D eigenvalue weighted by Crippen LogP contribution is -2.23. The summed E-state index contributed by atoms with van der Waals surface area (Å²) in [5.41, 5.74) is 1.12. The minimum atomic E-state index is -0.720. The third-order valence-electron chi connectivity index (χ3n) is 4.22. The van der Waals surface area contributed by atoms with Crippen molar-refractivity contribution in [3.63, 3.8) is 0 Å². The zero-order valence-corrected chi connectivity index (χ0v) is 19.0. The van der Waals surface area contributed by atoms with E-state index in [1.807, 2.05) is 83.2 Å². The van der Waals surface area contributed by atoms with Crippen molar-refractivity contribution < 1.29 is 19.0 Å². The lowest BCUT2D eigenvalue weighted by atomic mass is 10.2. The van der Waals surface area contributed by atoms with E-state index >= 15 is 0 Å². The average molecular weight is 434 g/mol. The number of carbonyl (C=O) groups is 1. The molecule has 0 aliphatic carbocycles. The number of hydrogen-bond donors (Lipinski definition) is 0. The highest BCUT2D eigenvalue weighted by Crippen LogP contribution is 2.31. The SMILES string of the molecule is CC(C)Oc1cccn2c(C=C(C#N)C(=O)OCc3ccccc3)c(OC(C)(C)C)nc12. The van der Waals surface area contributed by atoms with Gasteiger partial charge in [0.2, 0.25) is 5.88 Å². The molecule has 3 rings (SSSR count). The van der Waals surface area contributed by atoms with Crippen molar-refractivity contribution in [3.05, 3.63) is 65.5 Å². The van der Waals surface area contributed by atoms with Crippen LogP contribution in [0.25, 0.3) is 11.7 Å². The van der Waals surface area contributed by atoms with Crippen molar-refractivity contribution in [2.75, 3.05) is 0 Å². The molecule has 0 aliphatic rings. The van der Waals surface area contributed by atoms with Crippen molar-refractivity contribution in [3.8, 4) is 17.7 Å². The normalized spacial score (nSPS) is 12.0. The predicted octanol–water partition coefficient (Wildman–Crippen LogP) is 4.95. The number of pyridine rings is 1. The molecule has 0 radical (unpaired) electrons. The van der Waals surface area contributed by atoms with Crippen LogP contribution in [0.15, 0.2) is 54.2 Å². The standard InChI is InChI=1S/C25H27N3O4/c1-17(2)31-21-12-9-13-28-20(23(27-22(21)28)32-25(3,4)5)14-19(15-26)24(29)30-16-18-10-7-6-8-11-18/h6-14,17H,16H2,1-5H3. The molecule has 32 heavy (non-hydrogen) atoms. The third kappa shape index (κ3) is 5.67. The van der Waals surface area contributed by atoms with E-state index in [2.05, 4.69) is 4.98 Å². The quantitative estimate of drug-likeness (QED) is 0.298. The molecule has 0 atom stereocenters. The van der Waals surface area contributed by atoms with Gasteiger partial charge in [0, 0.05) is 6.20 Å². The van der Waals surface area contributed by atoms with Gasteiger partial charge in [-0.3, -0.25) is 4.40 Å². The second kappa shape index (κ2) is 9.56. The first-order valence-corrected chi connectivity index (χ1v) is 10.4. The first-order valence-electron chi connectivity index (χ1n) is 10.4. The van der Waals surface area contributed by atoms with E-state index in [9.17, 15) is 10.1 Å². The zero-order valence-electron chi connectivity index (χ0n) is 19.0. The molecule has 1 aromatic carbocycles. The molecule has 2 heterocycles. The monoisotopic (exact) mass is 433 g/mol. The van der Waals surface area contributed by atoms with Gasteiger partial charge in [-0.25, -0.2) is 4.79 Å². The van der Waals surface area contributed by atoms with E-state index in [4.69, 9.17) is 14.2 Å². The Kier molecular flexibility index (Phi) is 6.84. The van der Waals surface area contributed by atoms with E-state index in [1.165, 1.54) is 6.08 Å². The van der Waals surface area contributed by atoms with Crippen molar-refractivity contribution >= 4 is 17.7 Å². The van der Waals surface area contributed by atoms with Gasteiger partial charge in [-0.2, -0.15) is 10.2 Å². The molecular weight excluding hydrogens is 406 g/mol. The number of imidazole rings is 1. The number of carbonyl (C=O) groups excluding carboxylic acids is 1. The molecule has 0 amide bonds. The lowest BCUT2D eigenvalue weighted by Gasteiger charge is -2.19. The number of nitrogens with zero attached hydrogens (tertiary/aromatic N) is 3. The summed E-state index contributed by atoms with van der Waals surface area (Å²) in [6.45, 7) is 9.62. The second-order valence-corrected chi connectivity index (χ2v) is 8.48. The summed E-state index contributed by atoms with van der Waals surface area (Å²) >= 11 is 0. The molecule has 0 N–H and O–H groups in total. The van der Waals surface area contributed by atoms with Crippen molar-refractivity contribution in [2.24, 2.45) is 0 Å². The Bertz CT molecular complexity index is 1170. The van der Waals surface area contributed by atoms with E-state index in [0.29, 0.717) is 23.0 Å². The van der Waals surface area contributed by atoms with Gasteiger partial charge in [-0.05, 0) is 58.4 Å². The van der Waals surface area contributed by atoms with Gasteiger partial charge in [-0.1, -0.05) is 30.3 Å². The first-order chi connectivity index (χ1) is 15.2. The van der Waals surface area contributed by atoms with Crippen molar-refractivity contribution in [1.29, 1.82) is 5.26 Å². The van der Waals surface area contributed by atoms with E-state index in [1.54, 1.807) is 10.6 Å². The zero-order chi connectivity index (χ0) is 23.3. The van der Waals surface area contributed by atoms with Crippen LogP contribution in [0.4, 0.5) is 0 Å². The topological polar surface area (TPSA) is 85.9 Å². The number of fused-ring (bicyclic) bond motifs is 1. The lowest BCUT2D eigenvalue weighted by molar-refractivity contribution is -0.139. The van der Waals surface area contributed by atoms with Crippen LogP contribution in [0.2, 0.25) is 0 Å². The first kappa shape index (κ1) is 22.9. The maximum absolute atomic E-state index is 12.6. The Morgan fingerprint density at radius 1 is 1.19 bits per heavy atom. The number of rotatable bonds is 7. The highest BCUT2D eigenvalue weighted by Gasteiger charge is 2.23. The predicted molar refractivity (Wildman–Crippen MR) is 121 cm³/mol. The minimum absolute atomic E-state index is 0.0495. The molecule has 0 bridgehead atoms. The number of esters is 1. The van der Waals surface area contributed by atoms with Crippen molar-refractivity contribution in [2.45, 2.75) is 52.9 Å². The fourth-order valence-electron chi connectivity index (χ4n) is 2.96. The summed E-state index contributed by atoms with van der Waals surface area (Å²) in [5.74, 6) is 0.148. The molecular formula is C25H27N3O4. The van der Waals surface area contributed by atoms with Gasteiger partial charge in [0.05, 0.1) is 6.10 Å². The van der Waals surface area contributed by atoms with Gasteiger partial charge >= 0.3 is 5.97 Å². The van der Waals surface area contributed by atoms with Gasteiger partial charge in [0.15, 0.2) is 11.4 Å². The summed E-state index contributed by atoms with van der Waals surface area (Å²) in [7, 11) is 0. The number of hydrogen-bond acceptors (Lipinski definition) is 6. The van der Waals surface area contributed by atoms with Crippen LogP contribution in [-0.4, -0.2) is 27.1 Å². The molecule has 0 saturated carbocycles. The minimum Gasteiger partial charge on any atom is -0.487 e. The van der Waals surface area contributed by atoms with E-state index in [-0.39, 0.29) is 18.3 Å². The third-order valence-corrected chi connectivity index (χ3v) is 4.22. The maximum Gasteiger partial charge on any atom is 0.349 e. The smallest absolute Gasteiger partial charge is 0.349 e. The fourth-order valence-corrected chi connectivity index (χ4v) is 2.96. The molecule has 0 aliphatic heterocycles. The van der Waals surface area contributed by atoms with Gasteiger partial charge < -0.3 is 14.2 Å². The van der Waals surface area contributed by atoms with Crippen LogP contribution in [0.3, 0.4) is 0 Å². The number of aromatic nitrogens is 2. The van der Waals surface area contributed by atoms with Crippen LogP contribution in [0.1, 0.15) is 45.9 Å². The molecule has 7 heteroatoms. The Morgan fingerprint density at radius 2 is 1.91 bits per heavy atom. The maximum atomic E-state index is 12.6. The van der Waals surface area contributed by atoms with Crippen molar-refractivity contribution in [1.82, 2.24) is 9.38 Å². The molecule has 0 spiro atoms. The van der Waals surface area contributed by atoms with Gasteiger partial charge in [0.1, 0.15) is 29.5 Å². The summed E-state index contributed by atoms with van der Waals surface area (Å²) in [4.78, 5) is 17.2. The molecule has 0 fully saturated rings. The highest BCUT2D eigenvalue weighted by atomic mass is 16.5. The summed E-state index contributed by atoms with van der Waals surface area (Å²) in [5, 5.41) is 9.65. The van der Waals surface area contributed by atoms with Crippen LogP contribution in [0, 0.1) is 11.3 Å². The largest absolute Gasteiger partial charge is 0.487 e. The second-order valence-electron chi connectivity index (χ2n) is 8.48. The summed E-state index contributed by atoms with van der Waals surface area (Å²) in [6.07, 6.45) is 3.17. The average Bonchev–Trinajstić information content (AvgIpc) is 3.07. The highest BCUT2D eigenvalue weighted by molar-refractivity contribution is 5.98. The molecule has 3 aromatic rings. The van der Waals surface area contributed by atoms with E-state index in [0.717, 1.165) is 5.56 Å². The molecule has 0 saturated heterocycles. The van der Waals surface area contributed by atoms with Crippen LogP contribution in [0.5, 0.6) is 11.6 Å². The van der Waals surface area contributed by atoms with Gasteiger partial charge in [-0.15, -0.1) is 0 Å². The number of nitriles is 1. The summed E-state index contributed by atoms with van der Waals surface area (Å²) in [6, 6.07) is 14.8. The molecule has 0 unspecified atom stereocenters. The number of benzene rings is 1. The van der Waals surface area contributed by atoms with Crippen LogP contribution < -0.4 is 9.47 Å². The fraction of sp³-hybridized carbons (Fsp3) is 0.320. The van der Waals surface area contributed by atoms with Crippen LogP contribution in [-0.2, 0) is 16.1 Å². The van der Waals surface area contributed by atoms with E-state index < -0.39 is 11.6 Å². The molecule has 7 nitrogen and oxygen atoms in total. The summed E-state index contributed by atoms with van der Waals surface area (Å²) < 4.78 is 19.0. The Balaban J connectivity index is 2.02. The molecule has 2 aromatic heterocycles. The Morgan fingerprint density at radius 3 is 2.53 bits per heavy atom. The Hall–Kier alpha value is -3.79. The number of ether oxygens (including phenoxy) is 3. The Labute approximate surface area is 187 Å². The van der Waals surface area contributed by atoms with Gasteiger partial charge in [0.25, 0.3) is 0 Å². The van der Waals surface area contributed by atoms with Crippen LogP contribution >= 0.6 is 0 Å².